The maximum atomic E-state index is 13.0. The molecule has 0 saturated carbocycles. The standard InChI is InChI=1S/C23H24N2O3/c1-16-12-17(2)14-19(13-16)22(26)24(3)21(23(27)28)15-18-6-8-20(9-7-18)25-10-4-5-11-25/h4-14,21H,15H2,1-3H3,(H,27,28)/t21-/m0/s1/i3D. The smallest absolute Gasteiger partial charge is 0.326 e. The van der Waals surface area contributed by atoms with Crippen LogP contribution in [0, 0.1) is 13.8 Å². The van der Waals surface area contributed by atoms with Crippen LogP contribution in [0.2, 0.25) is 0 Å². The van der Waals surface area contributed by atoms with Crippen LogP contribution in [0.25, 0.3) is 5.69 Å². The van der Waals surface area contributed by atoms with E-state index in [0.29, 0.717) is 5.56 Å². The topological polar surface area (TPSA) is 62.5 Å². The molecule has 0 unspecified atom stereocenters. The molecule has 0 radical (unpaired) electrons. The van der Waals surface area contributed by atoms with E-state index in [0.717, 1.165) is 27.3 Å². The van der Waals surface area contributed by atoms with Crippen molar-refractivity contribution in [2.45, 2.75) is 26.3 Å². The summed E-state index contributed by atoms with van der Waals surface area (Å²) < 4.78 is 9.76. The number of hydrogen-bond acceptors (Lipinski definition) is 2. The van der Waals surface area contributed by atoms with E-state index in [9.17, 15) is 14.7 Å². The molecule has 1 N–H and O–H groups in total. The predicted molar refractivity (Wildman–Crippen MR) is 109 cm³/mol. The van der Waals surface area contributed by atoms with Crippen LogP contribution in [0.5, 0.6) is 0 Å². The van der Waals surface area contributed by atoms with Crippen molar-refractivity contribution in [1.82, 2.24) is 9.47 Å². The predicted octanol–water partition coefficient (Wildman–Crippen LogP) is 3.86. The number of benzene rings is 2. The average Bonchev–Trinajstić information content (AvgIpc) is 3.22. The van der Waals surface area contributed by atoms with E-state index in [-0.39, 0.29) is 6.42 Å². The Kier molecular flexibility index (Phi) is 5.24. The van der Waals surface area contributed by atoms with Crippen LogP contribution in [0.15, 0.2) is 67.0 Å². The highest BCUT2D eigenvalue weighted by Crippen LogP contribution is 2.17. The first-order chi connectivity index (χ1) is 13.9. The molecule has 28 heavy (non-hydrogen) atoms. The third-order valence-corrected chi connectivity index (χ3v) is 4.66. The molecule has 1 aromatic heterocycles. The molecule has 0 aliphatic rings. The number of carbonyl (C=O) groups excluding carboxylic acids is 1. The second-order valence-electron chi connectivity index (χ2n) is 6.97. The van der Waals surface area contributed by atoms with E-state index < -0.39 is 24.9 Å². The van der Waals surface area contributed by atoms with Gasteiger partial charge in [-0.15, -0.1) is 0 Å². The van der Waals surface area contributed by atoms with Gasteiger partial charge in [0.2, 0.25) is 0 Å². The van der Waals surface area contributed by atoms with Gasteiger partial charge in [0, 0.05) is 38.5 Å². The SMILES string of the molecule is [2H]CN(C(=O)c1cc(C)cc(C)c1)[C@@H](Cc1ccc(-n2cccc2)cc1)C(=O)O. The molecule has 144 valence electrons. The van der Waals surface area contributed by atoms with Gasteiger partial charge >= 0.3 is 5.97 Å². The van der Waals surface area contributed by atoms with Gasteiger partial charge in [-0.25, -0.2) is 4.79 Å². The largest absolute Gasteiger partial charge is 0.480 e. The summed E-state index contributed by atoms with van der Waals surface area (Å²) >= 11 is 0. The lowest BCUT2D eigenvalue weighted by Crippen LogP contribution is -2.43. The fourth-order valence-electron chi connectivity index (χ4n) is 3.27. The van der Waals surface area contributed by atoms with Crippen molar-refractivity contribution < 1.29 is 16.1 Å². The Morgan fingerprint density at radius 1 is 1.07 bits per heavy atom. The van der Waals surface area contributed by atoms with Crippen LogP contribution in [0.4, 0.5) is 0 Å². The molecule has 3 aromatic rings. The van der Waals surface area contributed by atoms with E-state index >= 15 is 0 Å². The first-order valence-electron chi connectivity index (χ1n) is 9.73. The molecule has 2 aromatic carbocycles. The number of carboxylic acid groups (broad SMARTS) is 1. The molecular formula is C23H24N2O3. The summed E-state index contributed by atoms with van der Waals surface area (Å²) in [5.41, 5.74) is 4.01. The van der Waals surface area contributed by atoms with Crippen LogP contribution in [0.1, 0.15) is 28.4 Å². The normalized spacial score (nSPS) is 12.3. The van der Waals surface area contributed by atoms with Crippen molar-refractivity contribution in [3.05, 3.63) is 89.2 Å². The minimum atomic E-state index is -1.12. The van der Waals surface area contributed by atoms with E-state index in [1.54, 1.807) is 12.1 Å². The molecule has 1 amide bonds. The molecule has 0 bridgehead atoms. The summed E-state index contributed by atoms with van der Waals surface area (Å²) in [6.07, 6.45) is 4.00. The van der Waals surface area contributed by atoms with Crippen LogP contribution in [-0.2, 0) is 11.2 Å². The molecule has 0 spiro atoms. The van der Waals surface area contributed by atoms with Gasteiger partial charge in [0.1, 0.15) is 6.04 Å². The molecule has 0 aliphatic carbocycles. The summed E-state index contributed by atoms with van der Waals surface area (Å²) in [6, 6.07) is 15.7. The molecule has 1 heterocycles. The Hall–Kier alpha value is -3.34. The average molecular weight is 377 g/mol. The summed E-state index contributed by atoms with van der Waals surface area (Å²) in [6.45, 7) is 3.77. The van der Waals surface area contributed by atoms with Crippen molar-refractivity contribution in [2.75, 3.05) is 7.02 Å². The molecule has 0 saturated heterocycles. The second-order valence-corrected chi connectivity index (χ2v) is 6.97. The first kappa shape index (κ1) is 18.0. The second kappa shape index (κ2) is 8.13. The highest BCUT2D eigenvalue weighted by atomic mass is 16.4. The molecule has 5 heteroatoms. The molecular weight excluding hydrogens is 352 g/mol. The summed E-state index contributed by atoms with van der Waals surface area (Å²) in [5, 5.41) is 9.76. The fraction of sp³-hybridized carbons (Fsp3) is 0.217. The minimum absolute atomic E-state index is 0.136. The molecule has 5 nitrogen and oxygen atoms in total. The first-order valence-corrected chi connectivity index (χ1v) is 9.02. The summed E-state index contributed by atoms with van der Waals surface area (Å²) in [5.74, 6) is -1.56. The van der Waals surface area contributed by atoms with E-state index in [1.165, 1.54) is 0 Å². The van der Waals surface area contributed by atoms with Gasteiger partial charge in [0.25, 0.3) is 5.91 Å². The van der Waals surface area contributed by atoms with Crippen molar-refractivity contribution in [1.29, 1.82) is 0 Å². The molecule has 0 aliphatic heterocycles. The number of aromatic nitrogens is 1. The number of carbonyl (C=O) groups is 2. The number of nitrogens with zero attached hydrogens (tertiary/aromatic N) is 2. The van der Waals surface area contributed by atoms with Gasteiger partial charge in [-0.2, -0.15) is 0 Å². The Morgan fingerprint density at radius 3 is 2.21 bits per heavy atom. The third-order valence-electron chi connectivity index (χ3n) is 4.66. The molecule has 1 atom stereocenters. The lowest BCUT2D eigenvalue weighted by atomic mass is 10.0. The zero-order chi connectivity index (χ0) is 21.0. The molecule has 0 fully saturated rings. The van der Waals surface area contributed by atoms with Crippen molar-refractivity contribution >= 4 is 11.9 Å². The number of likely N-dealkylation sites (N-methyl/N-ethyl adjacent to an activating group) is 1. The third kappa shape index (κ3) is 4.31. The lowest BCUT2D eigenvalue weighted by molar-refractivity contribution is -0.141. The number of hydrogen-bond donors (Lipinski definition) is 1. The van der Waals surface area contributed by atoms with Crippen molar-refractivity contribution in [2.24, 2.45) is 0 Å². The number of amides is 1. The number of aliphatic carboxylic acids is 1. The Morgan fingerprint density at radius 2 is 1.68 bits per heavy atom. The monoisotopic (exact) mass is 377 g/mol. The summed E-state index contributed by atoms with van der Waals surface area (Å²) in [7, 11) is -0.426. The van der Waals surface area contributed by atoms with Crippen LogP contribution in [0.3, 0.4) is 0 Å². The maximum absolute atomic E-state index is 13.0. The van der Waals surface area contributed by atoms with Crippen LogP contribution >= 0.6 is 0 Å². The van der Waals surface area contributed by atoms with Crippen molar-refractivity contribution in [3.63, 3.8) is 0 Å². The van der Waals surface area contributed by atoms with Crippen molar-refractivity contribution in [3.8, 4) is 5.69 Å². The van der Waals surface area contributed by atoms with Gasteiger partial charge in [-0.1, -0.05) is 29.3 Å². The van der Waals surface area contributed by atoms with E-state index in [2.05, 4.69) is 0 Å². The highest BCUT2D eigenvalue weighted by Gasteiger charge is 2.27. The number of carboxylic acids is 1. The lowest BCUT2D eigenvalue weighted by Gasteiger charge is -2.25. The highest BCUT2D eigenvalue weighted by molar-refractivity contribution is 5.96. The zero-order valence-electron chi connectivity index (χ0n) is 17.0. The van der Waals surface area contributed by atoms with Gasteiger partial charge in [0.05, 0.1) is 0 Å². The van der Waals surface area contributed by atoms with Crippen LogP contribution < -0.4 is 0 Å². The fourth-order valence-corrected chi connectivity index (χ4v) is 3.27. The Bertz CT molecular complexity index is 977. The molecule has 3 rings (SSSR count). The Labute approximate surface area is 166 Å². The van der Waals surface area contributed by atoms with Crippen LogP contribution in [-0.4, -0.2) is 39.5 Å². The van der Waals surface area contributed by atoms with Gasteiger partial charge in [-0.05, 0) is 55.8 Å². The quantitative estimate of drug-likeness (QED) is 0.709. The Balaban J connectivity index is 1.83. The number of rotatable bonds is 6. The van der Waals surface area contributed by atoms with Gasteiger partial charge in [-0.3, -0.25) is 4.79 Å². The minimum Gasteiger partial charge on any atom is -0.480 e. The summed E-state index contributed by atoms with van der Waals surface area (Å²) in [4.78, 5) is 26.0. The van der Waals surface area contributed by atoms with Gasteiger partial charge in [0.15, 0.2) is 0 Å². The zero-order valence-corrected chi connectivity index (χ0v) is 16.0. The van der Waals surface area contributed by atoms with Gasteiger partial charge < -0.3 is 14.6 Å². The maximum Gasteiger partial charge on any atom is 0.326 e. The van der Waals surface area contributed by atoms with E-state index in [1.807, 2.05) is 73.3 Å². The number of aryl methyl sites for hydroxylation is 2. The van der Waals surface area contributed by atoms with E-state index in [4.69, 9.17) is 1.37 Å².